The molecule has 130 valence electrons. The van der Waals surface area contributed by atoms with Crippen LogP contribution in [0.4, 0.5) is 5.69 Å². The van der Waals surface area contributed by atoms with Gasteiger partial charge in [0.15, 0.2) is 0 Å². The van der Waals surface area contributed by atoms with Crippen LogP contribution in [0.3, 0.4) is 0 Å². The van der Waals surface area contributed by atoms with E-state index in [-0.39, 0.29) is 5.91 Å². The van der Waals surface area contributed by atoms with Gasteiger partial charge in [0.25, 0.3) is 0 Å². The number of nitrogens with zero attached hydrogens (tertiary/aromatic N) is 1. The molecule has 3 heteroatoms. The van der Waals surface area contributed by atoms with Crippen LogP contribution in [0, 0.1) is 0 Å². The number of fused-ring (bicyclic) bond motifs is 2. The van der Waals surface area contributed by atoms with E-state index in [0.29, 0.717) is 12.5 Å². The van der Waals surface area contributed by atoms with Gasteiger partial charge in [-0.15, -0.1) is 0 Å². The first-order valence-corrected chi connectivity index (χ1v) is 8.98. The summed E-state index contributed by atoms with van der Waals surface area (Å²) in [5.74, 6) is 0.476. The summed E-state index contributed by atoms with van der Waals surface area (Å²) >= 11 is 0. The zero-order valence-corrected chi connectivity index (χ0v) is 15.1. The van der Waals surface area contributed by atoms with Crippen molar-refractivity contribution in [3.63, 3.8) is 0 Å². The second-order valence-electron chi connectivity index (χ2n) is 6.99. The molecule has 0 unspecified atom stereocenters. The minimum atomic E-state index is -0.0215. The number of benzene rings is 3. The van der Waals surface area contributed by atoms with Crippen molar-refractivity contribution in [3.05, 3.63) is 78.5 Å². The van der Waals surface area contributed by atoms with E-state index in [4.69, 9.17) is 0 Å². The van der Waals surface area contributed by atoms with Crippen LogP contribution in [0.25, 0.3) is 21.7 Å². The van der Waals surface area contributed by atoms with Crippen LogP contribution in [-0.4, -0.2) is 10.5 Å². The maximum absolute atomic E-state index is 12.6. The average Bonchev–Trinajstić information content (AvgIpc) is 3.04. The molecule has 0 aliphatic carbocycles. The number of hydrogen-bond acceptors (Lipinski definition) is 1. The Morgan fingerprint density at radius 1 is 0.962 bits per heavy atom. The van der Waals surface area contributed by atoms with Gasteiger partial charge in [-0.1, -0.05) is 56.3 Å². The van der Waals surface area contributed by atoms with Gasteiger partial charge in [-0.3, -0.25) is 4.79 Å². The summed E-state index contributed by atoms with van der Waals surface area (Å²) in [6.07, 6.45) is 1.98. The normalized spacial score (nSPS) is 11.3. The summed E-state index contributed by atoms with van der Waals surface area (Å²) in [4.78, 5) is 12.6. The number of amides is 1. The third-order valence-electron chi connectivity index (χ3n) is 4.84. The molecule has 1 amide bonds. The summed E-state index contributed by atoms with van der Waals surface area (Å²) in [6, 6.07) is 22.6. The van der Waals surface area contributed by atoms with Gasteiger partial charge in [-0.2, -0.15) is 0 Å². The lowest BCUT2D eigenvalue weighted by molar-refractivity contribution is -0.116. The van der Waals surface area contributed by atoms with Crippen LogP contribution < -0.4 is 5.32 Å². The molecule has 0 aliphatic heterocycles. The van der Waals surface area contributed by atoms with Gasteiger partial charge in [-0.25, -0.2) is 0 Å². The lowest BCUT2D eigenvalue weighted by Gasteiger charge is -2.11. The van der Waals surface area contributed by atoms with Crippen LogP contribution in [-0.2, 0) is 11.3 Å². The topological polar surface area (TPSA) is 34.0 Å². The van der Waals surface area contributed by atoms with E-state index in [1.165, 1.54) is 10.9 Å². The van der Waals surface area contributed by atoms with Gasteiger partial charge in [-0.05, 0) is 46.5 Å². The lowest BCUT2D eigenvalue weighted by atomic mass is 10.0. The molecular weight excluding hydrogens is 320 g/mol. The SMILES string of the molecule is CC(C)c1ccc2c(ccn2CC(=O)Nc2cccc3ccccc23)c1. The molecule has 0 saturated heterocycles. The summed E-state index contributed by atoms with van der Waals surface area (Å²) in [5, 5.41) is 6.41. The molecule has 0 aliphatic rings. The lowest BCUT2D eigenvalue weighted by Crippen LogP contribution is -2.18. The van der Waals surface area contributed by atoms with Crippen molar-refractivity contribution in [1.82, 2.24) is 4.57 Å². The number of carbonyl (C=O) groups excluding carboxylic acids is 1. The van der Waals surface area contributed by atoms with Gasteiger partial charge in [0, 0.05) is 22.8 Å². The molecule has 26 heavy (non-hydrogen) atoms. The molecule has 3 aromatic carbocycles. The Balaban J connectivity index is 1.57. The first-order chi connectivity index (χ1) is 12.6. The van der Waals surface area contributed by atoms with Gasteiger partial charge < -0.3 is 9.88 Å². The molecule has 4 rings (SSSR count). The first kappa shape index (κ1) is 16.4. The fraction of sp³-hybridized carbons (Fsp3) is 0.174. The van der Waals surface area contributed by atoms with Crippen LogP contribution in [0.15, 0.2) is 72.9 Å². The number of aromatic nitrogens is 1. The molecule has 0 atom stereocenters. The third-order valence-corrected chi connectivity index (χ3v) is 4.84. The first-order valence-electron chi connectivity index (χ1n) is 8.98. The van der Waals surface area contributed by atoms with Crippen molar-refractivity contribution in [2.45, 2.75) is 26.3 Å². The zero-order chi connectivity index (χ0) is 18.1. The van der Waals surface area contributed by atoms with Gasteiger partial charge >= 0.3 is 0 Å². The minimum Gasteiger partial charge on any atom is -0.338 e. The van der Waals surface area contributed by atoms with Crippen molar-refractivity contribution in [2.24, 2.45) is 0 Å². The van der Waals surface area contributed by atoms with E-state index >= 15 is 0 Å². The van der Waals surface area contributed by atoms with E-state index in [1.807, 2.05) is 41.1 Å². The van der Waals surface area contributed by atoms with E-state index in [1.54, 1.807) is 0 Å². The Morgan fingerprint density at radius 3 is 2.62 bits per heavy atom. The van der Waals surface area contributed by atoms with Crippen LogP contribution in [0.1, 0.15) is 25.3 Å². The van der Waals surface area contributed by atoms with Crippen LogP contribution in [0.5, 0.6) is 0 Å². The summed E-state index contributed by atoms with van der Waals surface area (Å²) in [7, 11) is 0. The van der Waals surface area contributed by atoms with Crippen LogP contribution >= 0.6 is 0 Å². The average molecular weight is 342 g/mol. The Bertz CT molecular complexity index is 1090. The van der Waals surface area contributed by atoms with Gasteiger partial charge in [0.1, 0.15) is 6.54 Å². The molecule has 4 aromatic rings. The molecule has 0 radical (unpaired) electrons. The highest BCUT2D eigenvalue weighted by atomic mass is 16.1. The van der Waals surface area contributed by atoms with E-state index in [2.05, 4.69) is 55.6 Å². The summed E-state index contributed by atoms with van der Waals surface area (Å²) in [6.45, 7) is 4.68. The standard InChI is InChI=1S/C23H22N2O/c1-16(2)18-10-11-22-19(14-18)12-13-25(22)15-23(26)24-21-9-5-7-17-6-3-4-8-20(17)21/h3-14,16H,15H2,1-2H3,(H,24,26). The smallest absolute Gasteiger partial charge is 0.244 e. The van der Waals surface area contributed by atoms with Gasteiger partial charge in [0.2, 0.25) is 5.91 Å². The molecule has 0 spiro atoms. The largest absolute Gasteiger partial charge is 0.338 e. The molecule has 1 aromatic heterocycles. The van der Waals surface area contributed by atoms with Crippen LogP contribution in [0.2, 0.25) is 0 Å². The Kier molecular flexibility index (Phi) is 4.21. The molecule has 1 N–H and O–H groups in total. The van der Waals surface area contributed by atoms with E-state index in [9.17, 15) is 4.79 Å². The minimum absolute atomic E-state index is 0.0215. The van der Waals surface area contributed by atoms with Crippen molar-refractivity contribution >= 4 is 33.3 Å². The Morgan fingerprint density at radius 2 is 1.77 bits per heavy atom. The quantitative estimate of drug-likeness (QED) is 0.518. The second kappa shape index (κ2) is 6.68. The second-order valence-corrected chi connectivity index (χ2v) is 6.99. The molecule has 3 nitrogen and oxygen atoms in total. The third kappa shape index (κ3) is 3.08. The van der Waals surface area contributed by atoms with E-state index in [0.717, 1.165) is 22.0 Å². The fourth-order valence-corrected chi connectivity index (χ4v) is 3.39. The predicted octanol–water partition coefficient (Wildman–Crippen LogP) is 5.56. The number of hydrogen-bond donors (Lipinski definition) is 1. The number of anilines is 1. The Hall–Kier alpha value is -3.07. The highest BCUT2D eigenvalue weighted by Crippen LogP contribution is 2.24. The van der Waals surface area contributed by atoms with E-state index < -0.39 is 0 Å². The molecule has 0 fully saturated rings. The maximum Gasteiger partial charge on any atom is 0.244 e. The predicted molar refractivity (Wildman–Crippen MR) is 109 cm³/mol. The molecule has 0 saturated carbocycles. The fourth-order valence-electron chi connectivity index (χ4n) is 3.39. The number of carbonyl (C=O) groups is 1. The van der Waals surface area contributed by atoms with Crippen molar-refractivity contribution in [1.29, 1.82) is 0 Å². The van der Waals surface area contributed by atoms with Gasteiger partial charge in [0.05, 0.1) is 0 Å². The monoisotopic (exact) mass is 342 g/mol. The highest BCUT2D eigenvalue weighted by molar-refractivity contribution is 6.02. The number of rotatable bonds is 4. The Labute approximate surface area is 153 Å². The van der Waals surface area contributed by atoms with Crippen molar-refractivity contribution in [3.8, 4) is 0 Å². The summed E-state index contributed by atoms with van der Waals surface area (Å²) in [5.41, 5.74) is 3.25. The highest BCUT2D eigenvalue weighted by Gasteiger charge is 2.09. The zero-order valence-electron chi connectivity index (χ0n) is 15.1. The summed E-state index contributed by atoms with van der Waals surface area (Å²) < 4.78 is 2.00. The van der Waals surface area contributed by atoms with Crippen molar-refractivity contribution in [2.75, 3.05) is 5.32 Å². The molecule has 0 bridgehead atoms. The maximum atomic E-state index is 12.6. The number of nitrogens with one attached hydrogen (secondary N) is 1. The molecular formula is C23H22N2O. The van der Waals surface area contributed by atoms with Crippen molar-refractivity contribution < 1.29 is 4.79 Å². The molecule has 1 heterocycles.